The summed E-state index contributed by atoms with van der Waals surface area (Å²) >= 11 is 0. The largest absolute Gasteiger partial charge is 0.493 e. The molecule has 1 aromatic carbocycles. The molecule has 4 heterocycles. The highest BCUT2D eigenvalue weighted by Crippen LogP contribution is 2.30. The first-order valence-corrected chi connectivity index (χ1v) is 7.84. The molecule has 23 heavy (non-hydrogen) atoms. The Bertz CT molecular complexity index is 707. The van der Waals surface area contributed by atoms with E-state index >= 15 is 0 Å². The first-order chi connectivity index (χ1) is 10.7. The number of carbonyl (C=O) groups excluding carboxylic acids is 1. The van der Waals surface area contributed by atoms with Crippen LogP contribution < -0.4 is 10.1 Å². The molecule has 0 spiro atoms. The van der Waals surface area contributed by atoms with Gasteiger partial charge in [-0.05, 0) is 44.0 Å². The van der Waals surface area contributed by atoms with Crippen molar-refractivity contribution in [2.75, 3.05) is 26.7 Å². The maximum atomic E-state index is 12.5. The van der Waals surface area contributed by atoms with Crippen molar-refractivity contribution in [3.05, 3.63) is 30.0 Å². The van der Waals surface area contributed by atoms with Crippen LogP contribution >= 0.6 is 12.4 Å². The zero-order chi connectivity index (χ0) is 15.1. The van der Waals surface area contributed by atoms with Crippen LogP contribution in [0, 0.1) is 5.92 Å². The quantitative estimate of drug-likeness (QED) is 0.936. The number of piperidine rings is 3. The molecule has 2 aromatic rings. The van der Waals surface area contributed by atoms with E-state index < -0.39 is 0 Å². The fraction of sp³-hybridized carbons (Fsp3) is 0.471. The minimum absolute atomic E-state index is 0. The molecule has 3 aliphatic heterocycles. The van der Waals surface area contributed by atoms with E-state index in [2.05, 4.69) is 10.2 Å². The summed E-state index contributed by atoms with van der Waals surface area (Å²) in [6.07, 6.45) is 2.36. The Hall–Kier alpha value is -1.72. The molecule has 0 saturated carbocycles. The average molecular weight is 337 g/mol. The Kier molecular flexibility index (Phi) is 4.50. The molecule has 1 atom stereocenters. The topological polar surface area (TPSA) is 54.7 Å². The van der Waals surface area contributed by atoms with Crippen LogP contribution in [-0.2, 0) is 0 Å². The Morgan fingerprint density at radius 1 is 1.35 bits per heavy atom. The van der Waals surface area contributed by atoms with Gasteiger partial charge in [0, 0.05) is 18.0 Å². The third kappa shape index (κ3) is 2.91. The number of ether oxygens (including phenoxy) is 1. The summed E-state index contributed by atoms with van der Waals surface area (Å²) in [5, 5.41) is 4.04. The SMILES string of the molecule is COc1cccc2cc(C(=O)N[C@H]3CN4CCC3CC4)oc12.Cl. The Balaban J connectivity index is 0.00000156. The zero-order valence-corrected chi connectivity index (χ0v) is 13.9. The summed E-state index contributed by atoms with van der Waals surface area (Å²) in [5.74, 6) is 1.49. The molecule has 3 fully saturated rings. The normalized spacial score (nSPS) is 25.9. The third-order valence-electron chi connectivity index (χ3n) is 4.92. The van der Waals surface area contributed by atoms with Crippen molar-refractivity contribution < 1.29 is 13.9 Å². The van der Waals surface area contributed by atoms with Crippen molar-refractivity contribution in [1.29, 1.82) is 0 Å². The number of hydrogen-bond donors (Lipinski definition) is 1. The molecule has 5 rings (SSSR count). The second-order valence-corrected chi connectivity index (χ2v) is 6.21. The van der Waals surface area contributed by atoms with Gasteiger partial charge in [-0.25, -0.2) is 0 Å². The number of carbonyl (C=O) groups is 1. The van der Waals surface area contributed by atoms with Gasteiger partial charge < -0.3 is 19.4 Å². The molecule has 2 bridgehead atoms. The zero-order valence-electron chi connectivity index (χ0n) is 13.1. The van der Waals surface area contributed by atoms with Crippen LogP contribution in [-0.4, -0.2) is 43.6 Å². The predicted molar refractivity (Wildman–Crippen MR) is 90.4 cm³/mol. The molecular formula is C17H21ClN2O3. The minimum atomic E-state index is -0.128. The number of furan rings is 1. The fourth-order valence-corrected chi connectivity index (χ4v) is 3.68. The molecule has 6 heteroatoms. The predicted octanol–water partition coefficient (Wildman–Crippen LogP) is 2.69. The molecule has 0 aliphatic carbocycles. The number of nitrogens with zero attached hydrogens (tertiary/aromatic N) is 1. The maximum absolute atomic E-state index is 12.5. The molecular weight excluding hydrogens is 316 g/mol. The number of fused-ring (bicyclic) bond motifs is 4. The second kappa shape index (κ2) is 6.42. The van der Waals surface area contributed by atoms with Crippen molar-refractivity contribution in [3.63, 3.8) is 0 Å². The number of para-hydroxylation sites is 1. The van der Waals surface area contributed by atoms with E-state index in [-0.39, 0.29) is 24.4 Å². The molecule has 1 amide bonds. The van der Waals surface area contributed by atoms with Gasteiger partial charge in [-0.15, -0.1) is 12.4 Å². The van der Waals surface area contributed by atoms with Crippen LogP contribution in [0.5, 0.6) is 5.75 Å². The van der Waals surface area contributed by atoms with Gasteiger partial charge >= 0.3 is 0 Å². The van der Waals surface area contributed by atoms with Crippen LogP contribution in [0.15, 0.2) is 28.7 Å². The van der Waals surface area contributed by atoms with Gasteiger partial charge in [-0.2, -0.15) is 0 Å². The third-order valence-corrected chi connectivity index (χ3v) is 4.92. The average Bonchev–Trinajstić information content (AvgIpc) is 3.00. The molecule has 0 unspecified atom stereocenters. The summed E-state index contributed by atoms with van der Waals surface area (Å²) in [5.41, 5.74) is 0.629. The van der Waals surface area contributed by atoms with E-state index in [1.807, 2.05) is 18.2 Å². The maximum Gasteiger partial charge on any atom is 0.287 e. The Morgan fingerprint density at radius 3 is 2.78 bits per heavy atom. The van der Waals surface area contributed by atoms with Crippen molar-refractivity contribution >= 4 is 29.3 Å². The molecule has 124 valence electrons. The van der Waals surface area contributed by atoms with E-state index in [0.29, 0.717) is 23.0 Å². The number of halogens is 1. The van der Waals surface area contributed by atoms with Crippen molar-refractivity contribution in [2.45, 2.75) is 18.9 Å². The summed E-state index contributed by atoms with van der Waals surface area (Å²) in [6.45, 7) is 3.29. The summed E-state index contributed by atoms with van der Waals surface area (Å²) in [6, 6.07) is 7.68. The highest BCUT2D eigenvalue weighted by molar-refractivity contribution is 5.97. The van der Waals surface area contributed by atoms with E-state index in [4.69, 9.17) is 9.15 Å². The van der Waals surface area contributed by atoms with Crippen LogP contribution in [0.4, 0.5) is 0 Å². The lowest BCUT2D eigenvalue weighted by molar-refractivity contribution is 0.0607. The number of nitrogens with one attached hydrogen (secondary N) is 1. The monoisotopic (exact) mass is 336 g/mol. The summed E-state index contributed by atoms with van der Waals surface area (Å²) in [4.78, 5) is 14.9. The molecule has 3 aliphatic rings. The molecule has 3 saturated heterocycles. The van der Waals surface area contributed by atoms with Crippen molar-refractivity contribution in [1.82, 2.24) is 10.2 Å². The van der Waals surface area contributed by atoms with Gasteiger partial charge in [-0.1, -0.05) is 12.1 Å². The van der Waals surface area contributed by atoms with Gasteiger partial charge in [-0.3, -0.25) is 4.79 Å². The van der Waals surface area contributed by atoms with Crippen LogP contribution in [0.25, 0.3) is 11.0 Å². The van der Waals surface area contributed by atoms with Crippen LogP contribution in [0.3, 0.4) is 0 Å². The molecule has 1 N–H and O–H groups in total. The smallest absolute Gasteiger partial charge is 0.287 e. The van der Waals surface area contributed by atoms with Gasteiger partial charge in [0.05, 0.1) is 7.11 Å². The van der Waals surface area contributed by atoms with Gasteiger partial charge in [0.25, 0.3) is 5.91 Å². The standard InChI is InChI=1S/C17H20N2O3.ClH/c1-21-14-4-2-3-12-9-15(22-16(12)14)17(20)18-13-10-19-7-5-11(13)6-8-19;/h2-4,9,11,13H,5-8,10H2,1H3,(H,18,20);1H/t13-;/m0./s1. The van der Waals surface area contributed by atoms with Gasteiger partial charge in [0.1, 0.15) is 0 Å². The lowest BCUT2D eigenvalue weighted by Gasteiger charge is -2.44. The van der Waals surface area contributed by atoms with E-state index in [1.165, 1.54) is 25.9 Å². The Labute approximate surface area is 141 Å². The van der Waals surface area contributed by atoms with Crippen molar-refractivity contribution in [3.8, 4) is 5.75 Å². The van der Waals surface area contributed by atoms with E-state index in [1.54, 1.807) is 13.2 Å². The van der Waals surface area contributed by atoms with Crippen LogP contribution in [0.1, 0.15) is 23.4 Å². The molecule has 0 radical (unpaired) electrons. The Morgan fingerprint density at radius 2 is 2.13 bits per heavy atom. The lowest BCUT2D eigenvalue weighted by Crippen LogP contribution is -2.57. The van der Waals surface area contributed by atoms with Crippen LogP contribution in [0.2, 0.25) is 0 Å². The number of hydrogen-bond acceptors (Lipinski definition) is 4. The number of benzene rings is 1. The highest BCUT2D eigenvalue weighted by atomic mass is 35.5. The van der Waals surface area contributed by atoms with Gasteiger partial charge in [0.2, 0.25) is 0 Å². The fourth-order valence-electron chi connectivity index (χ4n) is 3.68. The second-order valence-electron chi connectivity index (χ2n) is 6.21. The van der Waals surface area contributed by atoms with Gasteiger partial charge in [0.15, 0.2) is 17.1 Å². The summed E-state index contributed by atoms with van der Waals surface area (Å²) in [7, 11) is 1.60. The first-order valence-electron chi connectivity index (χ1n) is 7.84. The number of rotatable bonds is 3. The molecule has 1 aromatic heterocycles. The number of amides is 1. The highest BCUT2D eigenvalue weighted by Gasteiger charge is 2.35. The summed E-state index contributed by atoms with van der Waals surface area (Å²) < 4.78 is 11.0. The first kappa shape index (κ1) is 16.1. The van der Waals surface area contributed by atoms with E-state index in [9.17, 15) is 4.79 Å². The number of methoxy groups -OCH3 is 1. The van der Waals surface area contributed by atoms with Crippen molar-refractivity contribution in [2.24, 2.45) is 5.92 Å². The van der Waals surface area contributed by atoms with E-state index in [0.717, 1.165) is 11.9 Å². The molecule has 5 nitrogen and oxygen atoms in total. The lowest BCUT2D eigenvalue weighted by atomic mass is 9.84. The minimum Gasteiger partial charge on any atom is -0.493 e.